The second-order valence-electron chi connectivity index (χ2n) is 4.22. The van der Waals surface area contributed by atoms with Gasteiger partial charge in [-0.1, -0.05) is 19.3 Å². The molecule has 0 saturated heterocycles. The summed E-state index contributed by atoms with van der Waals surface area (Å²) >= 11 is 0. The molecule has 1 aliphatic carbocycles. The number of nitrogen functional groups attached to an aromatic ring is 1. The zero-order valence-corrected chi connectivity index (χ0v) is 9.24. The van der Waals surface area contributed by atoms with Crippen LogP contribution in [-0.4, -0.2) is 4.98 Å². The first-order valence-corrected chi connectivity index (χ1v) is 5.73. The minimum Gasteiger partial charge on any atom is -0.307 e. The maximum Gasteiger partial charge on any atom is 0.158 e. The molecule has 1 heterocycles. The van der Waals surface area contributed by atoms with Gasteiger partial charge in [0.1, 0.15) is 6.07 Å². The number of nitrogens with two attached hydrogens (primary N) is 1. The Bertz CT molecular complexity index is 402. The first kappa shape index (κ1) is 10.9. The number of nitrogens with one attached hydrogen (secondary N) is 1. The SMILES string of the molecule is N#Cc1ccc(C2CCCCC2)nc1NN. The van der Waals surface area contributed by atoms with Gasteiger partial charge in [-0.3, -0.25) is 0 Å². The molecule has 0 aromatic carbocycles. The predicted molar refractivity (Wildman–Crippen MR) is 62.6 cm³/mol. The van der Waals surface area contributed by atoms with Crippen LogP contribution in [0.3, 0.4) is 0 Å². The van der Waals surface area contributed by atoms with E-state index in [0.29, 0.717) is 17.3 Å². The van der Waals surface area contributed by atoms with Crippen LogP contribution >= 0.6 is 0 Å². The van der Waals surface area contributed by atoms with Crippen molar-refractivity contribution in [2.45, 2.75) is 38.0 Å². The van der Waals surface area contributed by atoms with Crippen LogP contribution in [-0.2, 0) is 0 Å². The Labute approximate surface area is 95.5 Å². The Morgan fingerprint density at radius 1 is 1.31 bits per heavy atom. The highest BCUT2D eigenvalue weighted by atomic mass is 15.2. The Balaban J connectivity index is 2.25. The lowest BCUT2D eigenvalue weighted by Crippen LogP contribution is -2.13. The zero-order chi connectivity index (χ0) is 11.4. The van der Waals surface area contributed by atoms with Gasteiger partial charge in [-0.2, -0.15) is 5.26 Å². The van der Waals surface area contributed by atoms with E-state index in [1.54, 1.807) is 6.07 Å². The number of pyridine rings is 1. The average Bonchev–Trinajstić information content (AvgIpc) is 2.39. The summed E-state index contributed by atoms with van der Waals surface area (Å²) in [5.41, 5.74) is 4.06. The van der Waals surface area contributed by atoms with Crippen molar-refractivity contribution in [3.05, 3.63) is 23.4 Å². The van der Waals surface area contributed by atoms with Crippen molar-refractivity contribution in [3.63, 3.8) is 0 Å². The summed E-state index contributed by atoms with van der Waals surface area (Å²) in [6.07, 6.45) is 6.27. The van der Waals surface area contributed by atoms with E-state index in [1.165, 1.54) is 32.1 Å². The van der Waals surface area contributed by atoms with Crippen molar-refractivity contribution in [1.29, 1.82) is 5.26 Å². The molecule has 1 aromatic heterocycles. The van der Waals surface area contributed by atoms with Gasteiger partial charge < -0.3 is 5.43 Å². The Kier molecular flexibility index (Phi) is 3.37. The third-order valence-electron chi connectivity index (χ3n) is 3.20. The van der Waals surface area contributed by atoms with Crippen molar-refractivity contribution in [2.75, 3.05) is 5.43 Å². The van der Waals surface area contributed by atoms with Gasteiger partial charge in [0.25, 0.3) is 0 Å². The van der Waals surface area contributed by atoms with Gasteiger partial charge in [-0.25, -0.2) is 10.8 Å². The highest BCUT2D eigenvalue weighted by molar-refractivity contribution is 5.51. The van der Waals surface area contributed by atoms with Gasteiger partial charge >= 0.3 is 0 Å². The molecule has 4 heteroatoms. The van der Waals surface area contributed by atoms with E-state index in [2.05, 4.69) is 16.5 Å². The minimum absolute atomic E-state index is 0.491. The van der Waals surface area contributed by atoms with Crippen molar-refractivity contribution < 1.29 is 0 Å². The fourth-order valence-corrected chi connectivity index (χ4v) is 2.30. The standard InChI is InChI=1S/C12H16N4/c13-8-10-6-7-11(15-12(10)16-14)9-4-2-1-3-5-9/h6-7,9H,1-5,14H2,(H,15,16). The van der Waals surface area contributed by atoms with Crippen LogP contribution in [0.25, 0.3) is 0 Å². The van der Waals surface area contributed by atoms with E-state index < -0.39 is 0 Å². The summed E-state index contributed by atoms with van der Waals surface area (Å²) in [6, 6.07) is 5.82. The van der Waals surface area contributed by atoms with Gasteiger partial charge in [0, 0.05) is 11.6 Å². The molecular formula is C12H16N4. The Hall–Kier alpha value is -1.60. The van der Waals surface area contributed by atoms with E-state index in [0.717, 1.165) is 5.69 Å². The summed E-state index contributed by atoms with van der Waals surface area (Å²) in [5.74, 6) is 6.39. The molecule has 0 bridgehead atoms. The first-order chi connectivity index (χ1) is 7.85. The molecule has 1 aromatic rings. The number of anilines is 1. The minimum atomic E-state index is 0.491. The van der Waals surface area contributed by atoms with Crippen LogP contribution in [0, 0.1) is 11.3 Å². The molecule has 2 rings (SSSR count). The number of nitriles is 1. The molecule has 0 aliphatic heterocycles. The highest BCUT2D eigenvalue weighted by Crippen LogP contribution is 2.32. The van der Waals surface area contributed by atoms with E-state index in [1.807, 2.05) is 6.07 Å². The molecule has 0 atom stereocenters. The van der Waals surface area contributed by atoms with Gasteiger partial charge in [0.05, 0.1) is 5.56 Å². The molecule has 4 nitrogen and oxygen atoms in total. The van der Waals surface area contributed by atoms with E-state index in [-0.39, 0.29) is 0 Å². The number of hydrogen-bond donors (Lipinski definition) is 2. The number of hydrogen-bond acceptors (Lipinski definition) is 4. The lowest BCUT2D eigenvalue weighted by atomic mass is 9.86. The van der Waals surface area contributed by atoms with Gasteiger partial charge in [-0.15, -0.1) is 0 Å². The third-order valence-corrected chi connectivity index (χ3v) is 3.20. The van der Waals surface area contributed by atoms with Crippen molar-refractivity contribution in [3.8, 4) is 6.07 Å². The molecular weight excluding hydrogens is 200 g/mol. The van der Waals surface area contributed by atoms with E-state index in [9.17, 15) is 0 Å². The number of hydrazine groups is 1. The molecule has 1 saturated carbocycles. The van der Waals surface area contributed by atoms with Crippen molar-refractivity contribution >= 4 is 5.82 Å². The second-order valence-corrected chi connectivity index (χ2v) is 4.22. The summed E-state index contributed by atoms with van der Waals surface area (Å²) in [5, 5.41) is 8.87. The normalized spacial score (nSPS) is 16.8. The van der Waals surface area contributed by atoms with Gasteiger partial charge in [-0.05, 0) is 25.0 Å². The van der Waals surface area contributed by atoms with E-state index >= 15 is 0 Å². The number of aromatic nitrogens is 1. The molecule has 3 N–H and O–H groups in total. The number of nitrogens with zero attached hydrogens (tertiary/aromatic N) is 2. The van der Waals surface area contributed by atoms with Gasteiger partial charge in [0.2, 0.25) is 0 Å². The fourth-order valence-electron chi connectivity index (χ4n) is 2.30. The molecule has 0 unspecified atom stereocenters. The molecule has 0 spiro atoms. The van der Waals surface area contributed by atoms with Gasteiger partial charge in [0.15, 0.2) is 5.82 Å². The molecule has 0 amide bonds. The van der Waals surface area contributed by atoms with Crippen LogP contribution in [0.15, 0.2) is 12.1 Å². The lowest BCUT2D eigenvalue weighted by molar-refractivity contribution is 0.437. The highest BCUT2D eigenvalue weighted by Gasteiger charge is 2.17. The average molecular weight is 216 g/mol. The molecule has 1 fully saturated rings. The summed E-state index contributed by atoms with van der Waals surface area (Å²) in [6.45, 7) is 0. The lowest BCUT2D eigenvalue weighted by Gasteiger charge is -2.21. The van der Waals surface area contributed by atoms with Crippen molar-refractivity contribution in [1.82, 2.24) is 4.98 Å². The quantitative estimate of drug-likeness (QED) is 0.587. The first-order valence-electron chi connectivity index (χ1n) is 5.73. The molecule has 84 valence electrons. The van der Waals surface area contributed by atoms with Crippen molar-refractivity contribution in [2.24, 2.45) is 5.84 Å². The summed E-state index contributed by atoms with van der Waals surface area (Å²) in [4.78, 5) is 4.43. The largest absolute Gasteiger partial charge is 0.307 e. The summed E-state index contributed by atoms with van der Waals surface area (Å²) < 4.78 is 0. The second kappa shape index (κ2) is 4.95. The molecule has 1 aliphatic rings. The smallest absolute Gasteiger partial charge is 0.158 e. The number of rotatable bonds is 2. The summed E-state index contributed by atoms with van der Waals surface area (Å²) in [7, 11) is 0. The molecule has 16 heavy (non-hydrogen) atoms. The maximum atomic E-state index is 8.87. The van der Waals surface area contributed by atoms with Crippen LogP contribution in [0.2, 0.25) is 0 Å². The van der Waals surface area contributed by atoms with Crippen LogP contribution < -0.4 is 11.3 Å². The Morgan fingerprint density at radius 2 is 2.06 bits per heavy atom. The fraction of sp³-hybridized carbons (Fsp3) is 0.500. The predicted octanol–water partition coefficient (Wildman–Crippen LogP) is 2.29. The monoisotopic (exact) mass is 216 g/mol. The zero-order valence-electron chi connectivity index (χ0n) is 9.24. The van der Waals surface area contributed by atoms with Crippen LogP contribution in [0.5, 0.6) is 0 Å². The molecule has 0 radical (unpaired) electrons. The Morgan fingerprint density at radius 3 is 2.69 bits per heavy atom. The topological polar surface area (TPSA) is 74.7 Å². The van der Waals surface area contributed by atoms with Crippen LogP contribution in [0.1, 0.15) is 49.3 Å². The maximum absolute atomic E-state index is 8.87. The third kappa shape index (κ3) is 2.15. The van der Waals surface area contributed by atoms with Crippen LogP contribution in [0.4, 0.5) is 5.82 Å². The van der Waals surface area contributed by atoms with E-state index in [4.69, 9.17) is 11.1 Å².